The van der Waals surface area contributed by atoms with E-state index >= 15 is 0 Å². The maximum Gasteiger partial charge on any atom is 0.186 e. The predicted molar refractivity (Wildman–Crippen MR) is 166 cm³/mol. The fourth-order valence-electron chi connectivity index (χ4n) is 12.2. The Hall–Kier alpha value is -0.580. The zero-order valence-electron chi connectivity index (χ0n) is 28.3. The second kappa shape index (κ2) is 10.5. The SMILES string of the molecule is C[C@@H]1O[C@@H](O[C@H]2[C@@H](O)[C@]3(C)CC[C@]4(C)C(=CC[C@@H]5[C@@]6(C)CC[C@H](O)[C@](C)(CO)[C@@H]6CC[C@]54C)[C@@H]3CC2(C)C)[C@H](O)[C@H](O)[C@H]1O. The van der Waals surface area contributed by atoms with Gasteiger partial charge in [0, 0.05) is 10.8 Å². The van der Waals surface area contributed by atoms with Crippen LogP contribution < -0.4 is 0 Å². The monoisotopic (exact) mass is 620 g/mol. The molecule has 6 aliphatic rings. The van der Waals surface area contributed by atoms with E-state index in [0.29, 0.717) is 5.92 Å². The molecular weight excluding hydrogens is 560 g/mol. The molecule has 0 unspecified atom stereocenters. The summed E-state index contributed by atoms with van der Waals surface area (Å²) in [6.07, 6.45) is 2.22. The summed E-state index contributed by atoms with van der Waals surface area (Å²) in [5.74, 6) is 0.910. The first-order chi connectivity index (χ1) is 20.3. The Labute approximate surface area is 264 Å². The highest BCUT2D eigenvalue weighted by Gasteiger charge is 2.70. The summed E-state index contributed by atoms with van der Waals surface area (Å²) in [5.41, 5.74) is 0.219. The number of ether oxygens (including phenoxy) is 2. The van der Waals surface area contributed by atoms with Crippen LogP contribution in [0.15, 0.2) is 11.6 Å². The maximum atomic E-state index is 12.2. The molecule has 1 aliphatic heterocycles. The van der Waals surface area contributed by atoms with Crippen LogP contribution >= 0.6 is 0 Å². The minimum Gasteiger partial charge on any atom is -0.396 e. The zero-order valence-corrected chi connectivity index (χ0v) is 28.3. The van der Waals surface area contributed by atoms with E-state index in [1.807, 2.05) is 0 Å². The van der Waals surface area contributed by atoms with Crippen LogP contribution in [-0.4, -0.2) is 86.3 Å². The van der Waals surface area contributed by atoms with Crippen molar-refractivity contribution >= 4 is 0 Å². The third-order valence-corrected chi connectivity index (χ3v) is 15.5. The Morgan fingerprint density at radius 1 is 0.818 bits per heavy atom. The molecule has 5 fully saturated rings. The van der Waals surface area contributed by atoms with E-state index in [4.69, 9.17) is 9.47 Å². The van der Waals surface area contributed by atoms with Gasteiger partial charge in [-0.3, -0.25) is 0 Å². The van der Waals surface area contributed by atoms with Crippen molar-refractivity contribution in [2.24, 2.45) is 50.2 Å². The summed E-state index contributed by atoms with van der Waals surface area (Å²) in [5, 5.41) is 65.1. The summed E-state index contributed by atoms with van der Waals surface area (Å²) < 4.78 is 12.2. The van der Waals surface area contributed by atoms with Crippen molar-refractivity contribution in [3.05, 3.63) is 11.6 Å². The fourth-order valence-corrected chi connectivity index (χ4v) is 12.2. The van der Waals surface area contributed by atoms with Crippen molar-refractivity contribution in [2.75, 3.05) is 6.61 Å². The van der Waals surface area contributed by atoms with Crippen molar-refractivity contribution in [3.8, 4) is 0 Å². The Morgan fingerprint density at radius 3 is 2.16 bits per heavy atom. The van der Waals surface area contributed by atoms with E-state index in [1.54, 1.807) is 6.92 Å². The smallest absolute Gasteiger partial charge is 0.186 e. The molecule has 8 heteroatoms. The first-order valence-electron chi connectivity index (χ1n) is 17.3. The number of fused-ring (bicyclic) bond motifs is 7. The molecule has 0 bridgehead atoms. The van der Waals surface area contributed by atoms with E-state index in [9.17, 15) is 30.6 Å². The highest BCUT2D eigenvalue weighted by Crippen LogP contribution is 2.75. The third kappa shape index (κ3) is 4.23. The lowest BCUT2D eigenvalue weighted by atomic mass is 9.33. The van der Waals surface area contributed by atoms with Gasteiger partial charge in [-0.15, -0.1) is 0 Å². The standard InChI is InChI=1S/C36H60O8/c1-19-25(39)26(40)27(41)30(43-19)44-29-28(42)32(4)15-16-35(7)20(21(32)17-31(29,2)3)9-10-23-33(5)13-12-24(38)34(6,18-37)22(33)11-14-36(23,35)8/h9,19,21-30,37-42H,10-18H2,1-8H3/t19-,21-,22+,23+,24-,25-,26+,27+,28+,29-,30-,32+,33-,34+,35+,36+/m0/s1. The summed E-state index contributed by atoms with van der Waals surface area (Å²) >= 11 is 0. The van der Waals surface area contributed by atoms with Gasteiger partial charge in [-0.05, 0) is 97.7 Å². The Balaban J connectivity index is 1.32. The van der Waals surface area contributed by atoms with Gasteiger partial charge >= 0.3 is 0 Å². The fraction of sp³-hybridized carbons (Fsp3) is 0.944. The normalized spacial score (nSPS) is 58.6. The number of allylic oxidation sites excluding steroid dienone is 2. The highest BCUT2D eigenvalue weighted by molar-refractivity contribution is 5.34. The van der Waals surface area contributed by atoms with Crippen LogP contribution in [0.25, 0.3) is 0 Å². The first kappa shape index (κ1) is 33.3. The van der Waals surface area contributed by atoms with Gasteiger partial charge in [-0.2, -0.15) is 0 Å². The van der Waals surface area contributed by atoms with Crippen LogP contribution in [0.5, 0.6) is 0 Å². The van der Waals surface area contributed by atoms with E-state index in [-0.39, 0.29) is 34.7 Å². The van der Waals surface area contributed by atoms with Crippen molar-refractivity contribution in [1.29, 1.82) is 0 Å². The van der Waals surface area contributed by atoms with Crippen LogP contribution in [-0.2, 0) is 9.47 Å². The lowest BCUT2D eigenvalue weighted by Gasteiger charge is -2.72. The van der Waals surface area contributed by atoms with Crippen LogP contribution in [0.4, 0.5) is 0 Å². The van der Waals surface area contributed by atoms with Gasteiger partial charge in [0.05, 0.1) is 31.0 Å². The molecule has 0 aromatic heterocycles. The maximum absolute atomic E-state index is 12.2. The topological polar surface area (TPSA) is 140 Å². The Bertz CT molecular complexity index is 1160. The number of hydrogen-bond donors (Lipinski definition) is 6. The van der Waals surface area contributed by atoms with E-state index < -0.39 is 65.3 Å². The molecule has 44 heavy (non-hydrogen) atoms. The van der Waals surface area contributed by atoms with Crippen LogP contribution in [0.2, 0.25) is 0 Å². The van der Waals surface area contributed by atoms with Crippen LogP contribution in [0.1, 0.15) is 107 Å². The molecule has 1 heterocycles. The van der Waals surface area contributed by atoms with Gasteiger partial charge in [0.15, 0.2) is 6.29 Å². The lowest BCUT2D eigenvalue weighted by molar-refractivity contribution is -0.333. The largest absolute Gasteiger partial charge is 0.396 e. The minimum atomic E-state index is -1.41. The molecule has 252 valence electrons. The zero-order chi connectivity index (χ0) is 32.4. The van der Waals surface area contributed by atoms with E-state index in [0.717, 1.165) is 51.4 Å². The van der Waals surface area contributed by atoms with Gasteiger partial charge in [0.2, 0.25) is 0 Å². The summed E-state index contributed by atoms with van der Waals surface area (Å²) in [6, 6.07) is 0. The molecule has 0 radical (unpaired) electrons. The van der Waals surface area contributed by atoms with Gasteiger partial charge < -0.3 is 40.1 Å². The Kier molecular flexibility index (Phi) is 7.92. The van der Waals surface area contributed by atoms with Crippen LogP contribution in [0, 0.1) is 50.2 Å². The van der Waals surface area contributed by atoms with Gasteiger partial charge in [0.25, 0.3) is 0 Å². The number of rotatable bonds is 3. The van der Waals surface area contributed by atoms with Crippen molar-refractivity contribution in [2.45, 2.75) is 156 Å². The summed E-state index contributed by atoms with van der Waals surface area (Å²) in [6.45, 7) is 17.7. The van der Waals surface area contributed by atoms with Gasteiger partial charge in [-0.25, -0.2) is 0 Å². The quantitative estimate of drug-likeness (QED) is 0.206. The number of hydrogen-bond acceptors (Lipinski definition) is 8. The average molecular weight is 621 g/mol. The van der Waals surface area contributed by atoms with Crippen LogP contribution in [0.3, 0.4) is 0 Å². The molecule has 0 aromatic carbocycles. The van der Waals surface area contributed by atoms with Gasteiger partial charge in [0.1, 0.15) is 18.3 Å². The third-order valence-electron chi connectivity index (χ3n) is 15.5. The lowest BCUT2D eigenvalue weighted by Crippen LogP contribution is -2.68. The molecule has 1 saturated heterocycles. The second-order valence-electron chi connectivity index (χ2n) is 17.9. The van der Waals surface area contributed by atoms with Crippen molar-refractivity contribution in [3.63, 3.8) is 0 Å². The molecule has 0 aromatic rings. The first-order valence-corrected chi connectivity index (χ1v) is 17.3. The molecule has 0 amide bonds. The number of aliphatic hydroxyl groups excluding tert-OH is 6. The molecular formula is C36H60O8. The minimum absolute atomic E-state index is 0.0221. The highest BCUT2D eigenvalue weighted by atomic mass is 16.7. The second-order valence-corrected chi connectivity index (χ2v) is 17.9. The predicted octanol–water partition coefficient (Wildman–Crippen LogP) is 3.93. The Morgan fingerprint density at radius 2 is 1.50 bits per heavy atom. The molecule has 8 nitrogen and oxygen atoms in total. The molecule has 16 atom stereocenters. The van der Waals surface area contributed by atoms with Gasteiger partial charge in [-0.1, -0.05) is 60.1 Å². The molecule has 6 N–H and O–H groups in total. The molecule has 4 saturated carbocycles. The van der Waals surface area contributed by atoms with Crippen molar-refractivity contribution < 1.29 is 40.1 Å². The molecule has 5 aliphatic carbocycles. The van der Waals surface area contributed by atoms with Crippen molar-refractivity contribution in [1.82, 2.24) is 0 Å². The number of aliphatic hydroxyl groups is 6. The van der Waals surface area contributed by atoms with E-state index in [2.05, 4.69) is 54.5 Å². The average Bonchev–Trinajstić information content (AvgIpc) is 2.96. The summed E-state index contributed by atoms with van der Waals surface area (Å²) in [7, 11) is 0. The summed E-state index contributed by atoms with van der Waals surface area (Å²) in [4.78, 5) is 0. The van der Waals surface area contributed by atoms with E-state index in [1.165, 1.54) is 5.57 Å². The molecule has 0 spiro atoms. The molecule has 6 rings (SSSR count).